The molecule has 1 atom stereocenters. The molecule has 30 heavy (non-hydrogen) atoms. The summed E-state index contributed by atoms with van der Waals surface area (Å²) < 4.78 is 5.40. The number of ether oxygens (including phenoxy) is 1. The van der Waals surface area contributed by atoms with Crippen LogP contribution in [0.4, 0.5) is 5.69 Å². The number of para-hydroxylation sites is 2. The van der Waals surface area contributed by atoms with Crippen molar-refractivity contribution >= 4 is 17.5 Å². The Morgan fingerprint density at radius 1 is 1.13 bits per heavy atom. The Morgan fingerprint density at radius 2 is 2.00 bits per heavy atom. The maximum absolute atomic E-state index is 13.2. The van der Waals surface area contributed by atoms with Crippen LogP contribution in [0.1, 0.15) is 18.4 Å². The summed E-state index contributed by atoms with van der Waals surface area (Å²) >= 11 is 0. The number of carbonyl (C=O) groups is 2. The van der Waals surface area contributed by atoms with Crippen molar-refractivity contribution in [1.29, 1.82) is 0 Å². The van der Waals surface area contributed by atoms with Gasteiger partial charge in [-0.3, -0.25) is 19.5 Å². The van der Waals surface area contributed by atoms with Crippen molar-refractivity contribution in [3.05, 3.63) is 54.4 Å². The van der Waals surface area contributed by atoms with Crippen LogP contribution in [0.25, 0.3) is 0 Å². The first-order valence-corrected chi connectivity index (χ1v) is 10.5. The molecule has 1 unspecified atom stereocenters. The first kappa shape index (κ1) is 20.3. The van der Waals surface area contributed by atoms with E-state index in [1.807, 2.05) is 41.4 Å². The summed E-state index contributed by atoms with van der Waals surface area (Å²) in [6.45, 7) is 4.47. The zero-order valence-corrected chi connectivity index (χ0v) is 17.4. The number of rotatable bonds is 5. The smallest absolute Gasteiger partial charge is 0.228 e. The molecule has 2 amide bonds. The molecular formula is C23H28N4O3. The molecule has 4 rings (SSSR count). The highest BCUT2D eigenvalue weighted by Crippen LogP contribution is 2.33. The predicted octanol–water partition coefficient (Wildman–Crippen LogP) is 2.18. The van der Waals surface area contributed by atoms with Crippen molar-refractivity contribution in [2.75, 3.05) is 44.7 Å². The summed E-state index contributed by atoms with van der Waals surface area (Å²) in [5.41, 5.74) is 1.92. The number of pyridine rings is 1. The molecule has 2 aromatic rings. The summed E-state index contributed by atoms with van der Waals surface area (Å²) in [7, 11) is 1.59. The van der Waals surface area contributed by atoms with E-state index in [9.17, 15) is 9.59 Å². The lowest BCUT2D eigenvalue weighted by Crippen LogP contribution is -2.40. The highest BCUT2D eigenvalue weighted by atomic mass is 16.5. The van der Waals surface area contributed by atoms with E-state index in [1.165, 1.54) is 5.56 Å². The molecule has 2 saturated heterocycles. The summed E-state index contributed by atoms with van der Waals surface area (Å²) in [6.07, 6.45) is 4.86. The Labute approximate surface area is 177 Å². The van der Waals surface area contributed by atoms with Gasteiger partial charge in [0.2, 0.25) is 11.8 Å². The lowest BCUT2D eigenvalue weighted by Gasteiger charge is -2.25. The molecule has 0 N–H and O–H groups in total. The van der Waals surface area contributed by atoms with E-state index in [4.69, 9.17) is 4.74 Å². The number of aromatic nitrogens is 1. The molecule has 1 aromatic heterocycles. The minimum absolute atomic E-state index is 0.0223. The molecule has 2 aliphatic heterocycles. The van der Waals surface area contributed by atoms with E-state index in [1.54, 1.807) is 18.2 Å². The zero-order valence-electron chi connectivity index (χ0n) is 17.4. The minimum atomic E-state index is -0.299. The molecule has 0 bridgehead atoms. The van der Waals surface area contributed by atoms with Crippen LogP contribution in [0.2, 0.25) is 0 Å². The van der Waals surface area contributed by atoms with Gasteiger partial charge in [-0.25, -0.2) is 0 Å². The number of amides is 2. The average molecular weight is 409 g/mol. The van der Waals surface area contributed by atoms with Gasteiger partial charge < -0.3 is 14.5 Å². The molecular weight excluding hydrogens is 380 g/mol. The van der Waals surface area contributed by atoms with Gasteiger partial charge in [-0.1, -0.05) is 18.2 Å². The maximum Gasteiger partial charge on any atom is 0.228 e. The number of nitrogens with zero attached hydrogens (tertiary/aromatic N) is 4. The standard InChI is InChI=1S/C23H28N4O3/c1-30-21-8-3-2-7-20(21)27-17-19(14-22(27)28)23(29)26-11-5-10-25(12-13-26)16-18-6-4-9-24-15-18/h2-4,6-9,15,19H,5,10-14,16-17H2,1H3. The topological polar surface area (TPSA) is 66.0 Å². The molecule has 7 heteroatoms. The molecule has 2 fully saturated rings. The van der Waals surface area contributed by atoms with Crippen LogP contribution < -0.4 is 9.64 Å². The van der Waals surface area contributed by atoms with Crippen molar-refractivity contribution in [3.63, 3.8) is 0 Å². The highest BCUT2D eigenvalue weighted by molar-refractivity contribution is 6.01. The molecule has 1 aromatic carbocycles. The maximum atomic E-state index is 13.2. The van der Waals surface area contributed by atoms with Crippen molar-refractivity contribution in [3.8, 4) is 5.75 Å². The third-order valence-electron chi connectivity index (χ3n) is 5.88. The Kier molecular flexibility index (Phi) is 6.28. The van der Waals surface area contributed by atoms with E-state index >= 15 is 0 Å². The summed E-state index contributed by atoms with van der Waals surface area (Å²) in [4.78, 5) is 36.0. The number of carbonyl (C=O) groups excluding carboxylic acids is 2. The van der Waals surface area contributed by atoms with E-state index in [2.05, 4.69) is 16.0 Å². The van der Waals surface area contributed by atoms with Crippen LogP contribution in [0.5, 0.6) is 5.75 Å². The Morgan fingerprint density at radius 3 is 2.80 bits per heavy atom. The fourth-order valence-corrected chi connectivity index (χ4v) is 4.32. The van der Waals surface area contributed by atoms with Crippen LogP contribution in [0.3, 0.4) is 0 Å². The fourth-order valence-electron chi connectivity index (χ4n) is 4.32. The second-order valence-corrected chi connectivity index (χ2v) is 7.89. The monoisotopic (exact) mass is 408 g/mol. The lowest BCUT2D eigenvalue weighted by molar-refractivity contribution is -0.135. The third-order valence-corrected chi connectivity index (χ3v) is 5.88. The summed E-state index contributed by atoms with van der Waals surface area (Å²) in [6, 6.07) is 11.5. The zero-order chi connectivity index (χ0) is 20.9. The van der Waals surface area contributed by atoms with Crippen LogP contribution >= 0.6 is 0 Å². The van der Waals surface area contributed by atoms with Crippen molar-refractivity contribution in [2.24, 2.45) is 5.92 Å². The first-order chi connectivity index (χ1) is 14.7. The number of hydrogen-bond donors (Lipinski definition) is 0. The summed E-state index contributed by atoms with van der Waals surface area (Å²) in [5, 5.41) is 0. The van der Waals surface area contributed by atoms with E-state index < -0.39 is 0 Å². The van der Waals surface area contributed by atoms with Gasteiger partial charge in [-0.2, -0.15) is 0 Å². The molecule has 0 spiro atoms. The molecule has 0 aliphatic carbocycles. The van der Waals surface area contributed by atoms with Crippen LogP contribution in [0, 0.1) is 5.92 Å². The Bertz CT molecular complexity index is 889. The van der Waals surface area contributed by atoms with Crippen LogP contribution in [0.15, 0.2) is 48.8 Å². The van der Waals surface area contributed by atoms with E-state index in [0.717, 1.165) is 38.3 Å². The van der Waals surface area contributed by atoms with Gasteiger partial charge >= 0.3 is 0 Å². The molecule has 0 saturated carbocycles. The van der Waals surface area contributed by atoms with Crippen molar-refractivity contribution in [1.82, 2.24) is 14.8 Å². The molecule has 158 valence electrons. The highest BCUT2D eigenvalue weighted by Gasteiger charge is 2.38. The number of anilines is 1. The van der Waals surface area contributed by atoms with Crippen LogP contribution in [-0.4, -0.2) is 66.4 Å². The molecule has 0 radical (unpaired) electrons. The predicted molar refractivity (Wildman–Crippen MR) is 114 cm³/mol. The van der Waals surface area contributed by atoms with Crippen molar-refractivity contribution in [2.45, 2.75) is 19.4 Å². The number of benzene rings is 1. The largest absolute Gasteiger partial charge is 0.495 e. The number of methoxy groups -OCH3 is 1. The average Bonchev–Trinajstić information content (AvgIpc) is 3.01. The minimum Gasteiger partial charge on any atom is -0.495 e. The molecule has 3 heterocycles. The molecule has 2 aliphatic rings. The van der Waals surface area contributed by atoms with Gasteiger partial charge in [-0.15, -0.1) is 0 Å². The second kappa shape index (κ2) is 9.26. The van der Waals surface area contributed by atoms with Gasteiger partial charge in [-0.05, 0) is 30.2 Å². The van der Waals surface area contributed by atoms with E-state index in [0.29, 0.717) is 18.8 Å². The molecule has 7 nitrogen and oxygen atoms in total. The Hall–Kier alpha value is -2.93. The number of hydrogen-bond acceptors (Lipinski definition) is 5. The third kappa shape index (κ3) is 4.46. The quantitative estimate of drug-likeness (QED) is 0.759. The van der Waals surface area contributed by atoms with Crippen molar-refractivity contribution < 1.29 is 14.3 Å². The van der Waals surface area contributed by atoms with Gasteiger partial charge in [0.05, 0.1) is 18.7 Å². The van der Waals surface area contributed by atoms with Gasteiger partial charge in [0.1, 0.15) is 5.75 Å². The van der Waals surface area contributed by atoms with Gasteiger partial charge in [0.25, 0.3) is 0 Å². The second-order valence-electron chi connectivity index (χ2n) is 7.89. The van der Waals surface area contributed by atoms with Crippen LogP contribution in [-0.2, 0) is 16.1 Å². The summed E-state index contributed by atoms with van der Waals surface area (Å²) in [5.74, 6) is 0.418. The van der Waals surface area contributed by atoms with Gasteiger partial charge in [0, 0.05) is 58.1 Å². The SMILES string of the molecule is COc1ccccc1N1CC(C(=O)N2CCCN(Cc3cccnc3)CC2)CC1=O. The Balaban J connectivity index is 1.37. The lowest BCUT2D eigenvalue weighted by atomic mass is 10.1. The fraction of sp³-hybridized carbons (Fsp3) is 0.435. The first-order valence-electron chi connectivity index (χ1n) is 10.5. The van der Waals surface area contributed by atoms with E-state index in [-0.39, 0.29) is 24.2 Å². The van der Waals surface area contributed by atoms with Gasteiger partial charge in [0.15, 0.2) is 0 Å². The normalized spacial score (nSPS) is 20.3.